The van der Waals surface area contributed by atoms with E-state index in [1.54, 1.807) is 24.3 Å². The van der Waals surface area contributed by atoms with Crippen LogP contribution in [0.15, 0.2) is 121 Å². The van der Waals surface area contributed by atoms with Gasteiger partial charge in [-0.05, 0) is 83.2 Å². The van der Waals surface area contributed by atoms with E-state index in [-0.39, 0.29) is 47.8 Å². The molecule has 1 saturated heterocycles. The molecule has 4 aromatic rings. The molecule has 1 aliphatic heterocycles. The summed E-state index contributed by atoms with van der Waals surface area (Å²) >= 11 is 0. The Bertz CT molecular complexity index is 1710. The molecule has 2 saturated carbocycles. The molecule has 9 rings (SSSR count). The van der Waals surface area contributed by atoms with E-state index in [4.69, 9.17) is 4.74 Å². The summed E-state index contributed by atoms with van der Waals surface area (Å²) in [5.74, 6) is 1.13. The summed E-state index contributed by atoms with van der Waals surface area (Å²) in [4.78, 5) is 42.9. The smallest absolute Gasteiger partial charge is 0.248 e. The predicted octanol–water partition coefficient (Wildman–Crippen LogP) is 6.75. The first-order valence-electron chi connectivity index (χ1n) is 15.4. The third-order valence-corrected chi connectivity index (χ3v) is 9.90. The van der Waals surface area contributed by atoms with Crippen molar-refractivity contribution in [3.05, 3.63) is 127 Å². The lowest BCUT2D eigenvalue weighted by Gasteiger charge is -2.37. The van der Waals surface area contributed by atoms with Crippen molar-refractivity contribution in [2.45, 2.75) is 18.9 Å². The molecule has 2 bridgehead atoms. The second-order valence-electron chi connectivity index (χ2n) is 12.4. The number of imide groups is 1. The van der Waals surface area contributed by atoms with Crippen molar-refractivity contribution >= 4 is 23.4 Å². The van der Waals surface area contributed by atoms with Crippen molar-refractivity contribution in [3.8, 4) is 22.6 Å². The predicted molar refractivity (Wildman–Crippen MR) is 168 cm³/mol. The molecule has 3 amide bonds. The minimum atomic E-state index is -0.933. The van der Waals surface area contributed by atoms with Crippen molar-refractivity contribution in [3.63, 3.8) is 0 Å². The maximum Gasteiger partial charge on any atom is 0.248 e. The van der Waals surface area contributed by atoms with Crippen molar-refractivity contribution in [2.75, 3.05) is 5.32 Å². The normalized spacial score (nSPS) is 26.6. The summed E-state index contributed by atoms with van der Waals surface area (Å²) in [6.45, 7) is 0. The lowest BCUT2D eigenvalue weighted by molar-refractivity contribution is -0.146. The van der Waals surface area contributed by atoms with Crippen LogP contribution in [0.4, 0.5) is 5.69 Å². The van der Waals surface area contributed by atoms with E-state index in [1.807, 2.05) is 72.8 Å². The maximum absolute atomic E-state index is 13.9. The third-order valence-electron chi connectivity index (χ3n) is 9.90. The number of amides is 3. The van der Waals surface area contributed by atoms with Gasteiger partial charge in [-0.2, -0.15) is 0 Å². The number of rotatable bonds is 8. The van der Waals surface area contributed by atoms with Gasteiger partial charge in [0.25, 0.3) is 0 Å². The van der Waals surface area contributed by atoms with Crippen molar-refractivity contribution in [2.24, 2.45) is 35.5 Å². The van der Waals surface area contributed by atoms with Crippen molar-refractivity contribution in [1.82, 2.24) is 4.90 Å². The highest BCUT2D eigenvalue weighted by atomic mass is 16.5. The fourth-order valence-electron chi connectivity index (χ4n) is 7.74. The van der Waals surface area contributed by atoms with E-state index >= 15 is 0 Å². The monoisotopic (exact) mass is 580 g/mol. The number of benzene rings is 4. The summed E-state index contributed by atoms with van der Waals surface area (Å²) in [6.07, 6.45) is 5.67. The van der Waals surface area contributed by atoms with Crippen LogP contribution in [-0.4, -0.2) is 28.7 Å². The number of nitrogens with one attached hydrogen (secondary N) is 1. The maximum atomic E-state index is 13.9. The second-order valence-corrected chi connectivity index (χ2v) is 12.4. The number of carbonyl (C=O) groups is 3. The highest BCUT2D eigenvalue weighted by Gasteiger charge is 2.67. The van der Waals surface area contributed by atoms with E-state index < -0.39 is 6.04 Å². The first-order chi connectivity index (χ1) is 21.5. The van der Waals surface area contributed by atoms with Crippen molar-refractivity contribution < 1.29 is 19.1 Å². The molecule has 6 heteroatoms. The zero-order valence-electron chi connectivity index (χ0n) is 24.1. The molecule has 44 heavy (non-hydrogen) atoms. The molecular weight excluding hydrogens is 548 g/mol. The van der Waals surface area contributed by atoms with Crippen LogP contribution < -0.4 is 10.1 Å². The van der Waals surface area contributed by atoms with E-state index in [0.29, 0.717) is 29.0 Å². The highest BCUT2D eigenvalue weighted by molar-refractivity contribution is 6.10. The number of hydrogen-bond donors (Lipinski definition) is 1. The minimum Gasteiger partial charge on any atom is -0.457 e. The molecule has 5 aliphatic rings. The van der Waals surface area contributed by atoms with Crippen LogP contribution in [0.3, 0.4) is 0 Å². The Morgan fingerprint density at radius 1 is 0.705 bits per heavy atom. The van der Waals surface area contributed by atoms with Crippen LogP contribution >= 0.6 is 0 Å². The Hall–Kier alpha value is -4.97. The summed E-state index contributed by atoms with van der Waals surface area (Å²) in [5, 5.41) is 2.98. The van der Waals surface area contributed by atoms with Gasteiger partial charge in [-0.25, -0.2) is 0 Å². The summed E-state index contributed by atoms with van der Waals surface area (Å²) in [6, 6.07) is 33.8. The summed E-state index contributed by atoms with van der Waals surface area (Å²) in [5.41, 5.74) is 3.71. The van der Waals surface area contributed by atoms with Gasteiger partial charge < -0.3 is 10.1 Å². The zero-order valence-corrected chi connectivity index (χ0v) is 24.1. The van der Waals surface area contributed by atoms with Gasteiger partial charge in [0.15, 0.2) is 0 Å². The van der Waals surface area contributed by atoms with Gasteiger partial charge in [0.2, 0.25) is 17.7 Å². The van der Waals surface area contributed by atoms with Crippen LogP contribution in [0.2, 0.25) is 0 Å². The Kier molecular flexibility index (Phi) is 6.44. The number of allylic oxidation sites excluding steroid dienone is 2. The van der Waals surface area contributed by atoms with Crippen molar-refractivity contribution in [1.29, 1.82) is 0 Å². The molecule has 1 heterocycles. The molecule has 1 N–H and O–H groups in total. The molecule has 0 spiro atoms. The standard InChI is InChI=1S/C38H32N2O4/c41-36(39-26-13-17-28(18-14-26)44-27-15-11-25(12-16-27)24-9-5-2-6-10-24)33(21-23-7-3-1-4-8-23)40-37(42)34-29-19-20-30(32-22-31(29)32)35(34)38(40)43/h1-20,29-35H,21-22H2,(H,39,41)/t29-,30-,31-,32+,33-,34+,35+/m0/s1. The van der Waals surface area contributed by atoms with Gasteiger partial charge in [0.05, 0.1) is 11.8 Å². The summed E-state index contributed by atoms with van der Waals surface area (Å²) in [7, 11) is 0. The van der Waals surface area contributed by atoms with Crippen LogP contribution in [-0.2, 0) is 20.8 Å². The molecular formula is C38H32N2O4. The Morgan fingerprint density at radius 2 is 1.23 bits per heavy atom. The van der Waals surface area contributed by atoms with Gasteiger partial charge in [0, 0.05) is 12.1 Å². The highest BCUT2D eigenvalue weighted by Crippen LogP contribution is 2.65. The van der Waals surface area contributed by atoms with E-state index in [1.165, 1.54) is 4.90 Å². The zero-order chi connectivity index (χ0) is 29.8. The topological polar surface area (TPSA) is 75.7 Å². The number of ether oxygens (including phenoxy) is 1. The first kappa shape index (κ1) is 26.6. The minimum absolute atomic E-state index is 0.110. The van der Waals surface area contributed by atoms with E-state index in [2.05, 4.69) is 29.6 Å². The molecule has 0 aromatic heterocycles. The fraction of sp³-hybridized carbons (Fsp3) is 0.237. The van der Waals surface area contributed by atoms with E-state index in [9.17, 15) is 14.4 Å². The SMILES string of the molecule is O=C(Nc1ccc(Oc2ccc(-c3ccccc3)cc2)cc1)[C@H](Cc1ccccc1)N1C(=O)[C@@H]2[C@H]3C=C[C@@H]([C@@H]4C[C@H]34)[C@H]2C1=O. The molecule has 6 nitrogen and oxygen atoms in total. The second kappa shape index (κ2) is 10.6. The molecule has 0 unspecified atom stereocenters. The molecule has 3 fully saturated rings. The van der Waals surface area contributed by atoms with Gasteiger partial charge in [-0.15, -0.1) is 0 Å². The molecule has 0 radical (unpaired) electrons. The lowest BCUT2D eigenvalue weighted by atomic mass is 9.63. The Labute approximate surface area is 256 Å². The number of hydrogen-bond acceptors (Lipinski definition) is 4. The summed E-state index contributed by atoms with van der Waals surface area (Å²) < 4.78 is 6.04. The quantitative estimate of drug-likeness (QED) is 0.185. The number of nitrogens with zero attached hydrogens (tertiary/aromatic N) is 1. The van der Waals surface area contributed by atoms with Gasteiger partial charge in [-0.3, -0.25) is 19.3 Å². The van der Waals surface area contributed by atoms with Gasteiger partial charge >= 0.3 is 0 Å². The number of anilines is 1. The van der Waals surface area contributed by atoms with E-state index in [0.717, 1.165) is 23.1 Å². The molecule has 7 atom stereocenters. The van der Waals surface area contributed by atoms with Crippen LogP contribution in [0, 0.1) is 35.5 Å². The van der Waals surface area contributed by atoms with Crippen LogP contribution in [0.1, 0.15) is 12.0 Å². The molecule has 4 aliphatic carbocycles. The Balaban J connectivity index is 0.991. The Morgan fingerprint density at radius 3 is 1.82 bits per heavy atom. The number of likely N-dealkylation sites (tertiary alicyclic amines) is 1. The fourth-order valence-corrected chi connectivity index (χ4v) is 7.74. The van der Waals surface area contributed by atoms with Crippen LogP contribution in [0.25, 0.3) is 11.1 Å². The average Bonchev–Trinajstić information content (AvgIpc) is 3.85. The molecule has 4 aromatic carbocycles. The number of carbonyl (C=O) groups excluding carboxylic acids is 3. The lowest BCUT2D eigenvalue weighted by Crippen LogP contribution is -2.49. The average molecular weight is 581 g/mol. The first-order valence-corrected chi connectivity index (χ1v) is 15.4. The van der Waals surface area contributed by atoms with Crippen LogP contribution in [0.5, 0.6) is 11.5 Å². The van der Waals surface area contributed by atoms with Gasteiger partial charge in [-0.1, -0.05) is 84.9 Å². The third kappa shape index (κ3) is 4.62. The van der Waals surface area contributed by atoms with Gasteiger partial charge in [0.1, 0.15) is 17.5 Å². The largest absolute Gasteiger partial charge is 0.457 e. The molecule has 218 valence electrons.